The Hall–Kier alpha value is -0.820. The van der Waals surface area contributed by atoms with E-state index in [4.69, 9.17) is 17.3 Å². The second kappa shape index (κ2) is 5.28. The molecule has 1 aliphatic heterocycles. The molecule has 0 aliphatic carbocycles. The van der Waals surface area contributed by atoms with E-state index in [2.05, 4.69) is 0 Å². The third-order valence-corrected chi connectivity index (χ3v) is 5.84. The number of aryl methyl sites for hydroxylation is 1. The number of aliphatic hydroxyl groups is 1. The first-order valence-corrected chi connectivity index (χ1v) is 7.88. The average Bonchev–Trinajstić information content (AvgIpc) is 2.84. The molecule has 7 heteroatoms. The van der Waals surface area contributed by atoms with Crippen molar-refractivity contribution >= 4 is 27.3 Å². The molecule has 0 aromatic heterocycles. The maximum absolute atomic E-state index is 12.5. The molecule has 0 spiro atoms. The van der Waals surface area contributed by atoms with Crippen LogP contribution in [0.5, 0.6) is 0 Å². The minimum Gasteiger partial charge on any atom is -0.397 e. The number of nitrogen functional groups attached to an aromatic ring is 1. The van der Waals surface area contributed by atoms with Crippen LogP contribution in [0.25, 0.3) is 0 Å². The lowest BCUT2D eigenvalue weighted by atomic mass is 10.2. The third-order valence-electron chi connectivity index (χ3n) is 3.40. The van der Waals surface area contributed by atoms with Crippen LogP contribution in [0.2, 0.25) is 5.02 Å². The molecular formula is C12H17ClN2O3S. The van der Waals surface area contributed by atoms with Crippen molar-refractivity contribution in [2.45, 2.75) is 30.7 Å². The van der Waals surface area contributed by atoms with Gasteiger partial charge in [0.2, 0.25) is 10.0 Å². The van der Waals surface area contributed by atoms with Crippen LogP contribution in [-0.4, -0.2) is 37.0 Å². The minimum atomic E-state index is -3.63. The van der Waals surface area contributed by atoms with E-state index in [-0.39, 0.29) is 23.2 Å². The van der Waals surface area contributed by atoms with Gasteiger partial charge in [0.15, 0.2) is 0 Å². The van der Waals surface area contributed by atoms with Crippen LogP contribution >= 0.6 is 11.6 Å². The van der Waals surface area contributed by atoms with Crippen molar-refractivity contribution in [3.8, 4) is 0 Å². The summed E-state index contributed by atoms with van der Waals surface area (Å²) in [6.45, 7) is 1.97. The third kappa shape index (κ3) is 2.58. The number of anilines is 1. The molecule has 0 radical (unpaired) electrons. The average molecular weight is 305 g/mol. The van der Waals surface area contributed by atoms with E-state index in [1.807, 2.05) is 0 Å². The van der Waals surface area contributed by atoms with Crippen LogP contribution in [0.4, 0.5) is 5.69 Å². The maximum atomic E-state index is 12.5. The number of rotatable bonds is 3. The van der Waals surface area contributed by atoms with Gasteiger partial charge >= 0.3 is 0 Å². The molecule has 1 aromatic rings. The van der Waals surface area contributed by atoms with Gasteiger partial charge in [-0.3, -0.25) is 0 Å². The summed E-state index contributed by atoms with van der Waals surface area (Å²) < 4.78 is 26.4. The number of benzene rings is 1. The lowest BCUT2D eigenvalue weighted by Gasteiger charge is -2.23. The van der Waals surface area contributed by atoms with Gasteiger partial charge in [-0.1, -0.05) is 11.6 Å². The van der Waals surface area contributed by atoms with Gasteiger partial charge in [-0.05, 0) is 37.5 Å². The molecule has 1 heterocycles. The molecule has 3 N–H and O–H groups in total. The number of nitrogens with two attached hydrogens (primary N) is 1. The van der Waals surface area contributed by atoms with E-state index < -0.39 is 10.0 Å². The van der Waals surface area contributed by atoms with Gasteiger partial charge in [-0.15, -0.1) is 0 Å². The highest BCUT2D eigenvalue weighted by Gasteiger charge is 2.35. The lowest BCUT2D eigenvalue weighted by Crippen LogP contribution is -2.37. The van der Waals surface area contributed by atoms with Crippen molar-refractivity contribution in [3.05, 3.63) is 22.7 Å². The van der Waals surface area contributed by atoms with Gasteiger partial charge in [-0.25, -0.2) is 8.42 Å². The van der Waals surface area contributed by atoms with Crippen LogP contribution in [0.1, 0.15) is 18.4 Å². The fraction of sp³-hybridized carbons (Fsp3) is 0.500. The highest BCUT2D eigenvalue weighted by molar-refractivity contribution is 7.89. The molecule has 19 heavy (non-hydrogen) atoms. The number of sulfonamides is 1. The highest BCUT2D eigenvalue weighted by atomic mass is 35.5. The van der Waals surface area contributed by atoms with Gasteiger partial charge in [0.05, 0.1) is 22.2 Å². The number of hydrogen-bond acceptors (Lipinski definition) is 4. The summed E-state index contributed by atoms with van der Waals surface area (Å²) in [5, 5.41) is 9.62. The molecule has 1 aromatic carbocycles. The Bertz CT molecular complexity index is 566. The number of halogens is 1. The second-order valence-electron chi connectivity index (χ2n) is 4.74. The quantitative estimate of drug-likeness (QED) is 0.826. The lowest BCUT2D eigenvalue weighted by molar-refractivity contribution is 0.213. The molecule has 5 nitrogen and oxygen atoms in total. The smallest absolute Gasteiger partial charge is 0.243 e. The second-order valence-corrected chi connectivity index (χ2v) is 7.01. The Morgan fingerprint density at radius 1 is 1.53 bits per heavy atom. The standard InChI is InChI=1S/C12H17ClN2O3S/c1-8-5-10(6-11(14)12(8)13)19(17,18)15-4-2-3-9(15)7-16/h5-6,9,16H,2-4,7,14H2,1H3/t9-/m0/s1. The number of aliphatic hydroxyl groups excluding tert-OH is 1. The van der Waals surface area contributed by atoms with Crippen molar-refractivity contribution in [3.63, 3.8) is 0 Å². The minimum absolute atomic E-state index is 0.132. The summed E-state index contributed by atoms with van der Waals surface area (Å²) in [5.41, 5.74) is 6.59. The monoisotopic (exact) mass is 304 g/mol. The molecule has 0 bridgehead atoms. The number of nitrogens with zero attached hydrogens (tertiary/aromatic N) is 1. The molecule has 0 unspecified atom stereocenters. The largest absolute Gasteiger partial charge is 0.397 e. The molecule has 1 saturated heterocycles. The fourth-order valence-electron chi connectivity index (χ4n) is 2.36. The van der Waals surface area contributed by atoms with Crippen molar-refractivity contribution in [1.82, 2.24) is 4.31 Å². The zero-order valence-electron chi connectivity index (χ0n) is 10.6. The van der Waals surface area contributed by atoms with Gasteiger partial charge in [0.1, 0.15) is 0 Å². The molecule has 1 fully saturated rings. The molecule has 1 aliphatic rings. The Morgan fingerprint density at radius 2 is 2.21 bits per heavy atom. The van der Waals surface area contributed by atoms with Gasteiger partial charge in [-0.2, -0.15) is 4.31 Å². The van der Waals surface area contributed by atoms with Crippen LogP contribution in [-0.2, 0) is 10.0 Å². The van der Waals surface area contributed by atoms with Gasteiger partial charge < -0.3 is 10.8 Å². The van der Waals surface area contributed by atoms with E-state index in [1.165, 1.54) is 16.4 Å². The van der Waals surface area contributed by atoms with Crippen molar-refractivity contribution in [1.29, 1.82) is 0 Å². The Labute approximate surface area is 118 Å². The highest BCUT2D eigenvalue weighted by Crippen LogP contribution is 2.31. The SMILES string of the molecule is Cc1cc(S(=O)(=O)N2CCC[C@H]2CO)cc(N)c1Cl. The summed E-state index contributed by atoms with van der Waals surface area (Å²) in [4.78, 5) is 0.132. The zero-order valence-corrected chi connectivity index (χ0v) is 12.2. The first-order chi connectivity index (χ1) is 8.87. The first kappa shape index (κ1) is 14.6. The summed E-state index contributed by atoms with van der Waals surface area (Å²) in [6.07, 6.45) is 1.43. The van der Waals surface area contributed by atoms with Crippen molar-refractivity contribution in [2.75, 3.05) is 18.9 Å². The molecule has 0 saturated carbocycles. The van der Waals surface area contributed by atoms with Crippen molar-refractivity contribution < 1.29 is 13.5 Å². The van der Waals surface area contributed by atoms with Crippen molar-refractivity contribution in [2.24, 2.45) is 0 Å². The zero-order chi connectivity index (χ0) is 14.2. The van der Waals surface area contributed by atoms with Crippen LogP contribution in [0, 0.1) is 6.92 Å². The van der Waals surface area contributed by atoms with E-state index in [0.29, 0.717) is 23.6 Å². The molecule has 106 valence electrons. The first-order valence-electron chi connectivity index (χ1n) is 6.06. The predicted octanol–water partition coefficient (Wildman–Crippen LogP) is 1.38. The predicted molar refractivity (Wildman–Crippen MR) is 74.6 cm³/mol. The van der Waals surface area contributed by atoms with E-state index in [9.17, 15) is 13.5 Å². The van der Waals surface area contributed by atoms with E-state index in [1.54, 1.807) is 6.92 Å². The van der Waals surface area contributed by atoms with Crippen LogP contribution < -0.4 is 5.73 Å². The van der Waals surface area contributed by atoms with E-state index in [0.717, 1.165) is 6.42 Å². The van der Waals surface area contributed by atoms with E-state index >= 15 is 0 Å². The molecule has 2 rings (SSSR count). The fourth-order valence-corrected chi connectivity index (χ4v) is 4.27. The van der Waals surface area contributed by atoms with Gasteiger partial charge in [0, 0.05) is 12.6 Å². The maximum Gasteiger partial charge on any atom is 0.243 e. The van der Waals surface area contributed by atoms with Crippen LogP contribution in [0.3, 0.4) is 0 Å². The van der Waals surface area contributed by atoms with Crippen LogP contribution in [0.15, 0.2) is 17.0 Å². The Kier molecular flexibility index (Phi) is 4.06. The normalized spacial score (nSPS) is 20.9. The molecule has 1 atom stereocenters. The summed E-state index contributed by atoms with van der Waals surface area (Å²) in [7, 11) is -3.63. The summed E-state index contributed by atoms with van der Waals surface area (Å²) in [6, 6.07) is 2.54. The summed E-state index contributed by atoms with van der Waals surface area (Å²) >= 11 is 5.94. The number of hydrogen-bond donors (Lipinski definition) is 2. The summed E-state index contributed by atoms with van der Waals surface area (Å²) in [5.74, 6) is 0. The van der Waals surface area contributed by atoms with Gasteiger partial charge in [0.25, 0.3) is 0 Å². The molecular weight excluding hydrogens is 288 g/mol. The topological polar surface area (TPSA) is 83.6 Å². The Morgan fingerprint density at radius 3 is 2.79 bits per heavy atom. The molecule has 0 amide bonds. The Balaban J connectivity index is 2.45.